The number of carbonyl (C=O) groups excluding carboxylic acids is 1. The van der Waals surface area contributed by atoms with Crippen LogP contribution in [-0.2, 0) is 0 Å². The van der Waals surface area contributed by atoms with Gasteiger partial charge in [0.1, 0.15) is 5.82 Å². The molecule has 0 radical (unpaired) electrons. The second-order valence-electron chi connectivity index (χ2n) is 8.75. The summed E-state index contributed by atoms with van der Waals surface area (Å²) in [6, 6.07) is 16.2. The van der Waals surface area contributed by atoms with Crippen molar-refractivity contribution in [3.8, 4) is 11.5 Å². The van der Waals surface area contributed by atoms with Crippen LogP contribution in [-0.4, -0.2) is 56.8 Å². The molecule has 3 N–H and O–H groups in total. The smallest absolute Gasteiger partial charge is 0.253 e. The minimum atomic E-state index is -0.420. The Balaban J connectivity index is 1.66. The van der Waals surface area contributed by atoms with E-state index < -0.39 is 6.04 Å². The number of carbonyl (C=O) groups is 1. The first kappa shape index (κ1) is 24.8. The number of hydrogen-bond acceptors (Lipinski definition) is 9. The molecular formula is C26H29N7O3. The molecule has 0 saturated carbocycles. The van der Waals surface area contributed by atoms with Gasteiger partial charge in [-0.25, -0.2) is 4.98 Å². The molecule has 186 valence electrons. The van der Waals surface area contributed by atoms with Gasteiger partial charge in [-0.3, -0.25) is 4.79 Å². The van der Waals surface area contributed by atoms with Crippen LogP contribution < -0.4 is 10.6 Å². The third-order valence-corrected chi connectivity index (χ3v) is 5.44. The summed E-state index contributed by atoms with van der Waals surface area (Å²) in [5.74, 6) is 1.53. The maximum Gasteiger partial charge on any atom is 0.253 e. The lowest BCUT2D eigenvalue weighted by Crippen LogP contribution is -2.21. The number of benzene rings is 2. The normalized spacial score (nSPS) is 11.8. The minimum absolute atomic E-state index is 0.0707. The van der Waals surface area contributed by atoms with Crippen LogP contribution in [0.1, 0.15) is 47.6 Å². The highest BCUT2D eigenvalue weighted by Crippen LogP contribution is 2.30. The van der Waals surface area contributed by atoms with E-state index in [4.69, 9.17) is 4.42 Å². The zero-order chi connectivity index (χ0) is 25.7. The van der Waals surface area contributed by atoms with E-state index in [0.29, 0.717) is 34.5 Å². The molecule has 10 nitrogen and oxygen atoms in total. The molecule has 2 heterocycles. The molecule has 1 amide bonds. The standard InChI is InChI=1S/C26H29N7O3/c1-16(2)23-31-32-24(36-23)20-14-27-26(28-19-12-10-18(11-13-19)25(35)33(3)4)30-22(20)29-21(15-34)17-8-6-5-7-9-17/h5-14,16,21,34H,15H2,1-4H3,(H2,27,28,29,30)/t21-/m1/s1. The average molecular weight is 488 g/mol. The molecular weight excluding hydrogens is 458 g/mol. The van der Waals surface area contributed by atoms with E-state index in [2.05, 4.69) is 30.8 Å². The second-order valence-corrected chi connectivity index (χ2v) is 8.75. The van der Waals surface area contributed by atoms with Gasteiger partial charge in [0.05, 0.1) is 18.2 Å². The van der Waals surface area contributed by atoms with E-state index in [9.17, 15) is 9.90 Å². The highest BCUT2D eigenvalue weighted by atomic mass is 16.4. The Hall–Kier alpha value is -4.31. The average Bonchev–Trinajstić information content (AvgIpc) is 3.38. The van der Waals surface area contributed by atoms with Crippen LogP contribution in [0.4, 0.5) is 17.5 Å². The SMILES string of the molecule is CC(C)c1nnc(-c2cnc(Nc3ccc(C(=O)N(C)C)cc3)nc2N[C@H](CO)c2ccccc2)o1. The number of rotatable bonds is 9. The Labute approximate surface area is 209 Å². The van der Waals surface area contributed by atoms with Crippen molar-refractivity contribution in [2.75, 3.05) is 31.3 Å². The van der Waals surface area contributed by atoms with Crippen molar-refractivity contribution in [1.82, 2.24) is 25.1 Å². The Morgan fingerprint density at radius 2 is 1.78 bits per heavy atom. The molecule has 0 bridgehead atoms. The first-order valence-electron chi connectivity index (χ1n) is 11.6. The van der Waals surface area contributed by atoms with Crippen LogP contribution in [0.5, 0.6) is 0 Å². The Morgan fingerprint density at radius 3 is 2.39 bits per heavy atom. The van der Waals surface area contributed by atoms with Crippen LogP contribution in [0.2, 0.25) is 0 Å². The zero-order valence-electron chi connectivity index (χ0n) is 20.6. The largest absolute Gasteiger partial charge is 0.420 e. The summed E-state index contributed by atoms with van der Waals surface area (Å²) < 4.78 is 5.84. The van der Waals surface area contributed by atoms with E-state index in [1.807, 2.05) is 44.2 Å². The molecule has 0 aliphatic rings. The van der Waals surface area contributed by atoms with Crippen molar-refractivity contribution in [2.45, 2.75) is 25.8 Å². The van der Waals surface area contributed by atoms with Gasteiger partial charge in [0, 0.05) is 37.5 Å². The topological polar surface area (TPSA) is 129 Å². The fourth-order valence-electron chi connectivity index (χ4n) is 3.45. The summed E-state index contributed by atoms with van der Waals surface area (Å²) in [5, 5.41) is 24.8. The first-order valence-corrected chi connectivity index (χ1v) is 11.6. The van der Waals surface area contributed by atoms with Gasteiger partial charge in [-0.15, -0.1) is 10.2 Å². The lowest BCUT2D eigenvalue weighted by molar-refractivity contribution is 0.0827. The monoisotopic (exact) mass is 487 g/mol. The third kappa shape index (κ3) is 5.66. The number of nitrogens with zero attached hydrogens (tertiary/aromatic N) is 5. The van der Waals surface area contributed by atoms with Gasteiger partial charge in [-0.2, -0.15) is 4.98 Å². The number of hydrogen-bond donors (Lipinski definition) is 3. The van der Waals surface area contributed by atoms with Crippen LogP contribution in [0, 0.1) is 0 Å². The number of aromatic nitrogens is 4. The van der Waals surface area contributed by atoms with Crippen LogP contribution in [0.3, 0.4) is 0 Å². The number of nitrogens with one attached hydrogen (secondary N) is 2. The van der Waals surface area contributed by atoms with Crippen molar-refractivity contribution in [2.24, 2.45) is 0 Å². The maximum absolute atomic E-state index is 12.2. The number of aliphatic hydroxyl groups excluding tert-OH is 1. The van der Waals surface area contributed by atoms with Crippen LogP contribution >= 0.6 is 0 Å². The van der Waals surface area contributed by atoms with Gasteiger partial charge in [0.15, 0.2) is 0 Å². The summed E-state index contributed by atoms with van der Waals surface area (Å²) in [5.41, 5.74) is 2.70. The molecule has 2 aromatic carbocycles. The molecule has 36 heavy (non-hydrogen) atoms. The third-order valence-electron chi connectivity index (χ3n) is 5.44. The van der Waals surface area contributed by atoms with Crippen LogP contribution in [0.15, 0.2) is 65.2 Å². The predicted octanol–water partition coefficient (Wildman–Crippen LogP) is 4.24. The van der Waals surface area contributed by atoms with Gasteiger partial charge in [0.25, 0.3) is 11.8 Å². The summed E-state index contributed by atoms with van der Waals surface area (Å²) in [7, 11) is 3.42. The molecule has 0 unspecified atom stereocenters. The molecule has 1 atom stereocenters. The highest BCUT2D eigenvalue weighted by molar-refractivity contribution is 5.94. The van der Waals surface area contributed by atoms with E-state index in [1.54, 1.807) is 44.6 Å². The van der Waals surface area contributed by atoms with E-state index in [-0.39, 0.29) is 24.3 Å². The lowest BCUT2D eigenvalue weighted by Gasteiger charge is -2.19. The molecule has 0 saturated heterocycles. The van der Waals surface area contributed by atoms with Gasteiger partial charge >= 0.3 is 0 Å². The van der Waals surface area contributed by atoms with Gasteiger partial charge in [-0.05, 0) is 29.8 Å². The fourth-order valence-corrected chi connectivity index (χ4v) is 3.45. The molecule has 4 rings (SSSR count). The van der Waals surface area contributed by atoms with E-state index in [1.165, 1.54) is 4.90 Å². The van der Waals surface area contributed by atoms with E-state index >= 15 is 0 Å². The van der Waals surface area contributed by atoms with Crippen molar-refractivity contribution in [3.05, 3.63) is 77.8 Å². The molecule has 4 aromatic rings. The predicted molar refractivity (Wildman–Crippen MR) is 137 cm³/mol. The van der Waals surface area contributed by atoms with Crippen molar-refractivity contribution in [1.29, 1.82) is 0 Å². The number of aliphatic hydroxyl groups is 1. The molecule has 2 aromatic heterocycles. The van der Waals surface area contributed by atoms with Crippen LogP contribution in [0.25, 0.3) is 11.5 Å². The minimum Gasteiger partial charge on any atom is -0.420 e. The molecule has 0 aliphatic carbocycles. The van der Waals surface area contributed by atoms with Gasteiger partial charge in [-0.1, -0.05) is 44.2 Å². The summed E-state index contributed by atoms with van der Waals surface area (Å²) in [4.78, 5) is 22.8. The second kappa shape index (κ2) is 11.0. The Bertz CT molecular complexity index is 1300. The van der Waals surface area contributed by atoms with Crippen molar-refractivity contribution < 1.29 is 14.3 Å². The maximum atomic E-state index is 12.2. The molecule has 0 aliphatic heterocycles. The van der Waals surface area contributed by atoms with E-state index in [0.717, 1.165) is 5.56 Å². The molecule has 10 heteroatoms. The highest BCUT2D eigenvalue weighted by Gasteiger charge is 2.20. The summed E-state index contributed by atoms with van der Waals surface area (Å²) in [6.45, 7) is 3.78. The molecule has 0 fully saturated rings. The molecule has 0 spiro atoms. The fraction of sp³-hybridized carbons (Fsp3) is 0.269. The first-order chi connectivity index (χ1) is 17.4. The quantitative estimate of drug-likeness (QED) is 0.317. The van der Waals surface area contributed by atoms with Crippen molar-refractivity contribution in [3.63, 3.8) is 0 Å². The lowest BCUT2D eigenvalue weighted by atomic mass is 10.1. The summed E-state index contributed by atoms with van der Waals surface area (Å²) >= 11 is 0. The van der Waals surface area contributed by atoms with Gasteiger partial charge in [0.2, 0.25) is 11.8 Å². The zero-order valence-corrected chi connectivity index (χ0v) is 20.6. The van der Waals surface area contributed by atoms with Gasteiger partial charge < -0.3 is 25.1 Å². The Morgan fingerprint density at radius 1 is 1.06 bits per heavy atom. The Kier molecular flexibility index (Phi) is 7.55. The number of amides is 1. The number of anilines is 3. The summed E-state index contributed by atoms with van der Waals surface area (Å²) in [6.07, 6.45) is 1.60. The van der Waals surface area contributed by atoms with Crippen molar-refractivity contribution >= 4 is 23.4 Å².